The molecule has 0 saturated heterocycles. The lowest BCUT2D eigenvalue weighted by Gasteiger charge is -2.03. The highest BCUT2D eigenvalue weighted by Gasteiger charge is 1.84. The van der Waals surface area contributed by atoms with Gasteiger partial charge in [-0.05, 0) is 19.7 Å². The van der Waals surface area contributed by atoms with Crippen molar-refractivity contribution >= 4 is 6.72 Å². The molecule has 0 aliphatic rings. The molecule has 0 radical (unpaired) electrons. The van der Waals surface area contributed by atoms with E-state index in [0.717, 1.165) is 32.7 Å². The normalized spacial score (nSPS) is 9.91. The predicted molar refractivity (Wildman–Crippen MR) is 50.4 cm³/mol. The summed E-state index contributed by atoms with van der Waals surface area (Å²) in [6.07, 6.45) is 1.20. The number of rotatable bonds is 8. The van der Waals surface area contributed by atoms with E-state index in [4.69, 9.17) is 0 Å². The molecule has 0 rings (SSSR count). The van der Waals surface area contributed by atoms with Gasteiger partial charge >= 0.3 is 0 Å². The summed E-state index contributed by atoms with van der Waals surface area (Å²) in [5, 5.41) is 6.55. The second-order valence-electron chi connectivity index (χ2n) is 2.45. The molecule has 0 spiro atoms. The zero-order chi connectivity index (χ0) is 8.36. The topological polar surface area (TPSA) is 36.4 Å². The molecule has 0 aromatic carbocycles. The fraction of sp³-hybridized carbons (Fsp3) is 0.875. The third kappa shape index (κ3) is 9.59. The molecule has 0 atom stereocenters. The van der Waals surface area contributed by atoms with E-state index in [1.807, 2.05) is 0 Å². The predicted octanol–water partition coefficient (Wildman–Crippen LogP) is 0.276. The van der Waals surface area contributed by atoms with E-state index in [-0.39, 0.29) is 0 Å². The van der Waals surface area contributed by atoms with E-state index in [1.165, 1.54) is 6.42 Å². The van der Waals surface area contributed by atoms with Crippen LogP contribution in [0.4, 0.5) is 0 Å². The van der Waals surface area contributed by atoms with Crippen molar-refractivity contribution in [1.29, 1.82) is 0 Å². The molecular weight excluding hydrogens is 138 g/mol. The van der Waals surface area contributed by atoms with Crippen molar-refractivity contribution in [2.45, 2.75) is 13.3 Å². The van der Waals surface area contributed by atoms with E-state index in [2.05, 4.69) is 29.3 Å². The Morgan fingerprint density at radius 2 is 1.73 bits per heavy atom. The van der Waals surface area contributed by atoms with E-state index >= 15 is 0 Å². The zero-order valence-corrected chi connectivity index (χ0v) is 7.40. The van der Waals surface area contributed by atoms with Crippen LogP contribution in [0.25, 0.3) is 0 Å². The summed E-state index contributed by atoms with van der Waals surface area (Å²) >= 11 is 0. The highest BCUT2D eigenvalue weighted by atomic mass is 14.9. The molecule has 0 heterocycles. The van der Waals surface area contributed by atoms with E-state index in [0.29, 0.717) is 0 Å². The maximum Gasteiger partial charge on any atom is 0.0507 e. The molecular formula is C8H19N3. The van der Waals surface area contributed by atoms with Gasteiger partial charge in [0.05, 0.1) is 6.54 Å². The number of hydrogen-bond donors (Lipinski definition) is 2. The molecule has 0 aromatic heterocycles. The smallest absolute Gasteiger partial charge is 0.0507 e. The van der Waals surface area contributed by atoms with Gasteiger partial charge in [0.15, 0.2) is 0 Å². The summed E-state index contributed by atoms with van der Waals surface area (Å²) < 4.78 is 0. The van der Waals surface area contributed by atoms with Gasteiger partial charge < -0.3 is 10.6 Å². The highest BCUT2D eigenvalue weighted by Crippen LogP contribution is 1.68. The number of nitrogens with zero attached hydrogens (tertiary/aromatic N) is 1. The van der Waals surface area contributed by atoms with Gasteiger partial charge in [-0.2, -0.15) is 0 Å². The van der Waals surface area contributed by atoms with Gasteiger partial charge in [0.2, 0.25) is 0 Å². The third-order valence-electron chi connectivity index (χ3n) is 1.35. The van der Waals surface area contributed by atoms with Crippen LogP contribution in [0.5, 0.6) is 0 Å². The SMILES string of the molecule is C=NCCNCCNCCC. The zero-order valence-electron chi connectivity index (χ0n) is 7.40. The van der Waals surface area contributed by atoms with Crippen molar-refractivity contribution < 1.29 is 0 Å². The Morgan fingerprint density at radius 1 is 1.09 bits per heavy atom. The average molecular weight is 157 g/mol. The highest BCUT2D eigenvalue weighted by molar-refractivity contribution is 5.23. The summed E-state index contributed by atoms with van der Waals surface area (Å²) in [7, 11) is 0. The van der Waals surface area contributed by atoms with Crippen molar-refractivity contribution in [3.63, 3.8) is 0 Å². The lowest BCUT2D eigenvalue weighted by atomic mass is 10.4. The Kier molecular flexibility index (Phi) is 9.23. The first-order valence-corrected chi connectivity index (χ1v) is 4.25. The maximum atomic E-state index is 3.74. The number of aliphatic imine (C=N–C) groups is 1. The quantitative estimate of drug-likeness (QED) is 0.392. The van der Waals surface area contributed by atoms with Crippen LogP contribution in [-0.2, 0) is 0 Å². The van der Waals surface area contributed by atoms with Gasteiger partial charge in [-0.3, -0.25) is 4.99 Å². The van der Waals surface area contributed by atoms with Crippen molar-refractivity contribution in [2.24, 2.45) is 4.99 Å². The lowest BCUT2D eigenvalue weighted by Crippen LogP contribution is -2.29. The monoisotopic (exact) mass is 157 g/mol. The molecule has 0 aromatic rings. The molecule has 0 amide bonds. The first-order valence-electron chi connectivity index (χ1n) is 4.25. The molecule has 2 N–H and O–H groups in total. The largest absolute Gasteiger partial charge is 0.315 e. The van der Waals surface area contributed by atoms with Crippen molar-refractivity contribution in [1.82, 2.24) is 10.6 Å². The molecule has 3 heteroatoms. The van der Waals surface area contributed by atoms with Crippen LogP contribution in [0.3, 0.4) is 0 Å². The molecule has 0 aliphatic carbocycles. The van der Waals surface area contributed by atoms with Crippen LogP contribution in [0.1, 0.15) is 13.3 Å². The number of nitrogens with one attached hydrogen (secondary N) is 2. The summed E-state index contributed by atoms with van der Waals surface area (Å²) in [4.78, 5) is 3.74. The summed E-state index contributed by atoms with van der Waals surface area (Å²) in [6.45, 7) is 10.5. The first kappa shape index (κ1) is 10.6. The minimum absolute atomic E-state index is 0.813. The molecule has 0 fully saturated rings. The summed E-state index contributed by atoms with van der Waals surface area (Å²) in [5.41, 5.74) is 0. The standard InChI is InChI=1S/C8H19N3/c1-3-4-10-7-8-11-6-5-9-2/h10-11H,2-8H2,1H3. The first-order chi connectivity index (χ1) is 5.41. The van der Waals surface area contributed by atoms with Crippen LogP contribution >= 0.6 is 0 Å². The van der Waals surface area contributed by atoms with Crippen LogP contribution in [0.15, 0.2) is 4.99 Å². The molecule has 11 heavy (non-hydrogen) atoms. The lowest BCUT2D eigenvalue weighted by molar-refractivity contribution is 0.611. The molecule has 0 bridgehead atoms. The van der Waals surface area contributed by atoms with Crippen LogP contribution < -0.4 is 10.6 Å². The second-order valence-corrected chi connectivity index (χ2v) is 2.45. The Hall–Kier alpha value is -0.410. The van der Waals surface area contributed by atoms with Crippen LogP contribution in [-0.4, -0.2) is 39.4 Å². The molecule has 3 nitrogen and oxygen atoms in total. The summed E-state index contributed by atoms with van der Waals surface area (Å²) in [6, 6.07) is 0. The van der Waals surface area contributed by atoms with Gasteiger partial charge in [-0.25, -0.2) is 0 Å². The van der Waals surface area contributed by atoms with Crippen LogP contribution in [0, 0.1) is 0 Å². The van der Waals surface area contributed by atoms with E-state index < -0.39 is 0 Å². The molecule has 0 unspecified atom stereocenters. The van der Waals surface area contributed by atoms with Crippen LogP contribution in [0.2, 0.25) is 0 Å². The third-order valence-corrected chi connectivity index (χ3v) is 1.35. The summed E-state index contributed by atoms with van der Waals surface area (Å²) in [5.74, 6) is 0. The Balaban J connectivity index is 2.74. The Labute approximate surface area is 69.3 Å². The van der Waals surface area contributed by atoms with Crippen molar-refractivity contribution in [3.8, 4) is 0 Å². The van der Waals surface area contributed by atoms with Gasteiger partial charge in [-0.15, -0.1) is 0 Å². The minimum atomic E-state index is 0.813. The second kappa shape index (κ2) is 9.59. The van der Waals surface area contributed by atoms with Crippen molar-refractivity contribution in [2.75, 3.05) is 32.7 Å². The average Bonchev–Trinajstić information content (AvgIpc) is 2.03. The molecule has 0 saturated carbocycles. The molecule has 0 aliphatic heterocycles. The van der Waals surface area contributed by atoms with Crippen molar-refractivity contribution in [3.05, 3.63) is 0 Å². The Bertz CT molecular complexity index is 83.4. The fourth-order valence-corrected chi connectivity index (χ4v) is 0.762. The van der Waals surface area contributed by atoms with Gasteiger partial charge in [-0.1, -0.05) is 6.92 Å². The van der Waals surface area contributed by atoms with Gasteiger partial charge in [0, 0.05) is 19.6 Å². The van der Waals surface area contributed by atoms with E-state index in [1.54, 1.807) is 0 Å². The van der Waals surface area contributed by atoms with Gasteiger partial charge in [0.25, 0.3) is 0 Å². The minimum Gasteiger partial charge on any atom is -0.315 e. The maximum absolute atomic E-state index is 3.74. The van der Waals surface area contributed by atoms with Gasteiger partial charge in [0.1, 0.15) is 0 Å². The molecule has 66 valence electrons. The fourth-order valence-electron chi connectivity index (χ4n) is 0.762. The number of hydrogen-bond acceptors (Lipinski definition) is 3. The Morgan fingerprint density at radius 3 is 2.27 bits per heavy atom. The van der Waals surface area contributed by atoms with E-state index in [9.17, 15) is 0 Å².